The van der Waals surface area contributed by atoms with E-state index in [4.69, 9.17) is 9.68 Å². The van der Waals surface area contributed by atoms with E-state index in [1.807, 2.05) is 0 Å². The largest absolute Gasteiger partial charge is 0.298 e. The molecule has 4 nitrogen and oxygen atoms in total. The van der Waals surface area contributed by atoms with Crippen LogP contribution in [0.4, 0.5) is 0 Å². The van der Waals surface area contributed by atoms with E-state index in [0.29, 0.717) is 0 Å². The van der Waals surface area contributed by atoms with Gasteiger partial charge in [-0.2, -0.15) is 10.1 Å². The third-order valence-electron chi connectivity index (χ3n) is 16.6. The highest BCUT2D eigenvalue weighted by Gasteiger charge is 2.49. The van der Waals surface area contributed by atoms with E-state index in [0.717, 1.165) is 37.9 Å². The Balaban J connectivity index is 1.54. The Labute approximate surface area is 404 Å². The van der Waals surface area contributed by atoms with E-state index in [1.54, 1.807) is 0 Å². The molecule has 0 spiro atoms. The fraction of sp³-hybridized carbons (Fsp3) is 1.00. The summed E-state index contributed by atoms with van der Waals surface area (Å²) < 4.78 is 0. The molecular weight excluding hydrogens is 781 g/mol. The molecule has 0 radical (unpaired) electrons. The maximum Gasteiger partial charge on any atom is 0.0685 e. The zero-order valence-corrected chi connectivity index (χ0v) is 46.0. The Hall–Kier alpha value is -0.160. The topological polar surface area (TPSA) is 24.9 Å². The van der Waals surface area contributed by atoms with Gasteiger partial charge in [0.25, 0.3) is 0 Å². The van der Waals surface area contributed by atoms with Gasteiger partial charge in [-0.05, 0) is 119 Å². The van der Waals surface area contributed by atoms with Gasteiger partial charge in [-0.1, -0.05) is 232 Å². The molecule has 0 N–H and O–H groups in total. The molecule has 0 aromatic carbocycles. The number of piperidine rings is 2. The van der Waals surface area contributed by atoms with Crippen LogP contribution >= 0.6 is 0 Å². The van der Waals surface area contributed by atoms with Crippen LogP contribution in [0.5, 0.6) is 0 Å². The van der Waals surface area contributed by atoms with Gasteiger partial charge in [0.1, 0.15) is 0 Å². The van der Waals surface area contributed by atoms with E-state index in [1.165, 1.54) is 257 Å². The Morgan fingerprint density at radius 3 is 0.781 bits per heavy atom. The summed E-state index contributed by atoms with van der Waals surface area (Å²) in [5.74, 6) is 1.45. The average Bonchev–Trinajstić information content (AvgIpc) is 3.24. The summed E-state index contributed by atoms with van der Waals surface area (Å²) in [7, 11) is 0. The predicted octanol–water partition coefficient (Wildman–Crippen LogP) is 20.3. The minimum Gasteiger partial charge on any atom is -0.298 e. The van der Waals surface area contributed by atoms with Crippen LogP contribution in [0.25, 0.3) is 0 Å². The highest BCUT2D eigenvalue weighted by Crippen LogP contribution is 2.46. The number of hydroxylamine groups is 4. The minimum absolute atomic E-state index is 0.0863. The SMILES string of the molecule is CCCCCCCCCCCCCCCCCCC1CCC(C)(C)N(OCCCCCCON2C(C)(C)CCC(CCCCCCCCCCCCCCCCCC)C2(C)C)C1(C)C. The Morgan fingerprint density at radius 1 is 0.312 bits per heavy atom. The summed E-state index contributed by atoms with van der Waals surface area (Å²) in [6, 6.07) is 0. The highest BCUT2D eigenvalue weighted by atomic mass is 16.7. The lowest BCUT2D eigenvalue weighted by atomic mass is 9.72. The van der Waals surface area contributed by atoms with Crippen molar-refractivity contribution in [3.05, 3.63) is 0 Å². The van der Waals surface area contributed by atoms with Crippen LogP contribution in [0.15, 0.2) is 0 Å². The molecule has 2 atom stereocenters. The average molecular weight is 902 g/mol. The highest BCUT2D eigenvalue weighted by molar-refractivity contribution is 4.99. The first-order valence-electron chi connectivity index (χ1n) is 29.7. The molecule has 382 valence electrons. The monoisotopic (exact) mass is 901 g/mol. The van der Waals surface area contributed by atoms with Crippen molar-refractivity contribution in [3.63, 3.8) is 0 Å². The van der Waals surface area contributed by atoms with E-state index < -0.39 is 0 Å². The molecule has 0 aliphatic carbocycles. The summed E-state index contributed by atoms with van der Waals surface area (Å²) in [5, 5.41) is 4.89. The van der Waals surface area contributed by atoms with Crippen LogP contribution in [-0.2, 0) is 9.68 Å². The summed E-state index contributed by atoms with van der Waals surface area (Å²) >= 11 is 0. The van der Waals surface area contributed by atoms with Crippen molar-refractivity contribution < 1.29 is 9.68 Å². The van der Waals surface area contributed by atoms with Crippen LogP contribution in [0.3, 0.4) is 0 Å². The third kappa shape index (κ3) is 25.4. The van der Waals surface area contributed by atoms with Crippen LogP contribution in [-0.4, -0.2) is 45.5 Å². The van der Waals surface area contributed by atoms with E-state index in [2.05, 4.69) is 79.4 Å². The first-order valence-corrected chi connectivity index (χ1v) is 29.7. The molecule has 0 aromatic heterocycles. The van der Waals surface area contributed by atoms with Crippen molar-refractivity contribution in [1.82, 2.24) is 10.1 Å². The van der Waals surface area contributed by atoms with Crippen molar-refractivity contribution in [3.8, 4) is 0 Å². The van der Waals surface area contributed by atoms with Gasteiger partial charge in [0.05, 0.1) is 13.2 Å². The van der Waals surface area contributed by atoms with Crippen molar-refractivity contribution >= 4 is 0 Å². The maximum absolute atomic E-state index is 6.73. The molecule has 2 aliphatic heterocycles. The van der Waals surface area contributed by atoms with Gasteiger partial charge in [-0.3, -0.25) is 9.68 Å². The lowest BCUT2D eigenvalue weighted by Crippen LogP contribution is -2.62. The third-order valence-corrected chi connectivity index (χ3v) is 16.6. The second kappa shape index (κ2) is 35.9. The number of nitrogens with zero attached hydrogens (tertiary/aromatic N) is 2. The lowest BCUT2D eigenvalue weighted by molar-refractivity contribution is -0.296. The zero-order chi connectivity index (χ0) is 46.8. The molecule has 2 aliphatic rings. The van der Waals surface area contributed by atoms with E-state index in [-0.39, 0.29) is 22.2 Å². The Kier molecular flexibility index (Phi) is 33.6. The molecule has 2 heterocycles. The molecule has 64 heavy (non-hydrogen) atoms. The standard InChI is InChI=1S/C60H120N2O2/c1-11-13-15-17-19-21-23-25-27-29-31-33-35-37-39-43-47-55-49-51-57(3,4)61(59(55,7)8)63-53-45-41-42-46-54-64-62-58(5,6)52-50-56(60(62,9)10)48-44-40-38-36-34-32-30-28-26-24-22-20-18-16-14-12-2/h55-56H,11-54H2,1-10H3. The summed E-state index contributed by atoms with van der Waals surface area (Å²) in [5.41, 5.74) is 0.368. The first-order chi connectivity index (χ1) is 30.8. The van der Waals surface area contributed by atoms with Crippen LogP contribution in [0.1, 0.15) is 339 Å². The molecule has 2 fully saturated rings. The van der Waals surface area contributed by atoms with Crippen LogP contribution in [0.2, 0.25) is 0 Å². The van der Waals surface area contributed by atoms with Gasteiger partial charge in [0.2, 0.25) is 0 Å². The van der Waals surface area contributed by atoms with Gasteiger partial charge in [0, 0.05) is 22.2 Å². The molecule has 0 aromatic rings. The zero-order valence-electron chi connectivity index (χ0n) is 46.0. The summed E-state index contributed by atoms with van der Waals surface area (Å²) in [6.45, 7) is 25.8. The number of hydrogen-bond acceptors (Lipinski definition) is 4. The quantitative estimate of drug-likeness (QED) is 0.0569. The van der Waals surface area contributed by atoms with Gasteiger partial charge in [0.15, 0.2) is 0 Å². The van der Waals surface area contributed by atoms with E-state index >= 15 is 0 Å². The van der Waals surface area contributed by atoms with Crippen LogP contribution < -0.4 is 0 Å². The Morgan fingerprint density at radius 2 is 0.531 bits per heavy atom. The minimum atomic E-state index is 0.0863. The van der Waals surface area contributed by atoms with Crippen molar-refractivity contribution in [2.45, 2.75) is 361 Å². The predicted molar refractivity (Wildman–Crippen MR) is 284 cm³/mol. The Bertz CT molecular complexity index is 970. The smallest absolute Gasteiger partial charge is 0.0685 e. The number of unbranched alkanes of at least 4 members (excludes halogenated alkanes) is 33. The molecule has 0 saturated carbocycles. The molecular formula is C60H120N2O2. The molecule has 2 rings (SSSR count). The van der Waals surface area contributed by atoms with E-state index in [9.17, 15) is 0 Å². The molecule has 0 amide bonds. The normalized spacial score (nSPS) is 20.9. The van der Waals surface area contributed by atoms with Crippen molar-refractivity contribution in [1.29, 1.82) is 0 Å². The summed E-state index contributed by atoms with van der Waals surface area (Å²) in [6.07, 6.45) is 58.7. The fourth-order valence-corrected chi connectivity index (χ4v) is 12.3. The van der Waals surface area contributed by atoms with Gasteiger partial charge >= 0.3 is 0 Å². The summed E-state index contributed by atoms with van der Waals surface area (Å²) in [4.78, 5) is 13.5. The van der Waals surface area contributed by atoms with Crippen molar-refractivity contribution in [2.24, 2.45) is 11.8 Å². The molecule has 2 saturated heterocycles. The van der Waals surface area contributed by atoms with Crippen molar-refractivity contribution in [2.75, 3.05) is 13.2 Å². The number of hydrogen-bond donors (Lipinski definition) is 0. The molecule has 2 unspecified atom stereocenters. The second-order valence-corrected chi connectivity index (χ2v) is 24.3. The van der Waals surface area contributed by atoms with Gasteiger partial charge < -0.3 is 0 Å². The fourth-order valence-electron chi connectivity index (χ4n) is 12.3. The van der Waals surface area contributed by atoms with Gasteiger partial charge in [-0.25, -0.2) is 0 Å². The first kappa shape index (κ1) is 60.0. The maximum atomic E-state index is 6.73. The molecule has 4 heteroatoms. The van der Waals surface area contributed by atoms with Crippen LogP contribution in [0, 0.1) is 11.8 Å². The van der Waals surface area contributed by atoms with Gasteiger partial charge in [-0.15, -0.1) is 0 Å². The number of rotatable bonds is 43. The molecule has 0 bridgehead atoms. The second-order valence-electron chi connectivity index (χ2n) is 24.3. The lowest BCUT2D eigenvalue weighted by Gasteiger charge is -2.55.